The molecule has 0 spiro atoms. The van der Waals surface area contributed by atoms with Crippen molar-refractivity contribution in [2.45, 2.75) is 6.18 Å². The zero-order chi connectivity index (χ0) is 26.2. The molecule has 8 nitrogen and oxygen atoms in total. The van der Waals surface area contributed by atoms with E-state index in [4.69, 9.17) is 21.1 Å². The van der Waals surface area contributed by atoms with E-state index in [1.54, 1.807) is 6.07 Å². The number of ketones is 2. The number of benzene rings is 3. The SMILES string of the molecule is O=C1C=C(OC(=O)c2cc(Oc3ccc(C(F)(F)F)cc3Cl)ccc2[N+](=O)[O-])C(=O)c2ccccc21. The Morgan fingerprint density at radius 1 is 0.972 bits per heavy atom. The lowest BCUT2D eigenvalue weighted by atomic mass is 9.94. The zero-order valence-electron chi connectivity index (χ0n) is 17.7. The number of ether oxygens (including phenoxy) is 2. The molecule has 4 rings (SSSR count). The van der Waals surface area contributed by atoms with Crippen LogP contribution in [0.4, 0.5) is 18.9 Å². The molecular formula is C24H11ClF3NO7. The standard InChI is InChI=1S/C24H11ClF3NO7/c25-17-9-12(24(26,27)28)5-8-20(17)35-13-6-7-18(29(33)34)16(10-13)23(32)36-21-11-19(30)14-3-1-2-4-15(14)22(21)31/h1-11H. The summed E-state index contributed by atoms with van der Waals surface area (Å²) in [4.78, 5) is 48.3. The Balaban J connectivity index is 1.63. The summed E-state index contributed by atoms with van der Waals surface area (Å²) < 4.78 is 49.0. The molecule has 0 fully saturated rings. The summed E-state index contributed by atoms with van der Waals surface area (Å²) in [5.41, 5.74) is -2.26. The van der Waals surface area contributed by atoms with Gasteiger partial charge in [0.2, 0.25) is 5.78 Å². The van der Waals surface area contributed by atoms with E-state index in [1.165, 1.54) is 18.2 Å². The van der Waals surface area contributed by atoms with Crippen molar-refractivity contribution in [3.05, 3.63) is 110 Å². The molecule has 1 aliphatic rings. The normalized spacial score (nSPS) is 13.1. The number of esters is 1. The number of allylic oxidation sites excluding steroid dienone is 2. The minimum atomic E-state index is -4.64. The van der Waals surface area contributed by atoms with E-state index in [0.29, 0.717) is 6.07 Å². The van der Waals surface area contributed by atoms with Crippen molar-refractivity contribution in [1.82, 2.24) is 0 Å². The second kappa shape index (κ2) is 9.27. The summed E-state index contributed by atoms with van der Waals surface area (Å²) >= 11 is 5.87. The van der Waals surface area contributed by atoms with Gasteiger partial charge in [-0.15, -0.1) is 0 Å². The van der Waals surface area contributed by atoms with Crippen LogP contribution in [0.2, 0.25) is 5.02 Å². The molecule has 0 N–H and O–H groups in total. The van der Waals surface area contributed by atoms with Gasteiger partial charge in [0, 0.05) is 29.3 Å². The Kier molecular flexibility index (Phi) is 6.34. The predicted molar refractivity (Wildman–Crippen MR) is 118 cm³/mol. The number of carbonyl (C=O) groups excluding carboxylic acids is 3. The Morgan fingerprint density at radius 2 is 1.67 bits per heavy atom. The summed E-state index contributed by atoms with van der Waals surface area (Å²) in [6, 6.07) is 11.0. The van der Waals surface area contributed by atoms with Gasteiger partial charge in [0.15, 0.2) is 11.5 Å². The topological polar surface area (TPSA) is 113 Å². The predicted octanol–water partition coefficient (Wildman–Crippen LogP) is 6.18. The average Bonchev–Trinajstić information content (AvgIpc) is 2.82. The Bertz CT molecular complexity index is 1480. The molecular weight excluding hydrogens is 507 g/mol. The number of alkyl halides is 3. The number of carbonyl (C=O) groups is 3. The van der Waals surface area contributed by atoms with E-state index in [-0.39, 0.29) is 22.6 Å². The number of hydrogen-bond acceptors (Lipinski definition) is 7. The van der Waals surface area contributed by atoms with Gasteiger partial charge >= 0.3 is 12.1 Å². The molecule has 36 heavy (non-hydrogen) atoms. The number of halogens is 4. The lowest BCUT2D eigenvalue weighted by molar-refractivity contribution is -0.385. The monoisotopic (exact) mass is 517 g/mol. The van der Waals surface area contributed by atoms with Crippen molar-refractivity contribution in [1.29, 1.82) is 0 Å². The van der Waals surface area contributed by atoms with Gasteiger partial charge in [-0.05, 0) is 24.3 Å². The quantitative estimate of drug-likeness (QED) is 0.225. The van der Waals surface area contributed by atoms with Crippen LogP contribution in [0.25, 0.3) is 0 Å². The number of nitro benzene ring substituents is 1. The highest BCUT2D eigenvalue weighted by Crippen LogP contribution is 2.37. The highest BCUT2D eigenvalue weighted by atomic mass is 35.5. The van der Waals surface area contributed by atoms with Crippen molar-refractivity contribution in [2.24, 2.45) is 0 Å². The molecule has 182 valence electrons. The Hall–Kier alpha value is -4.51. The largest absolute Gasteiger partial charge is 0.456 e. The van der Waals surface area contributed by atoms with Crippen LogP contribution in [0.1, 0.15) is 36.6 Å². The number of rotatable bonds is 5. The summed E-state index contributed by atoms with van der Waals surface area (Å²) in [6.45, 7) is 0. The van der Waals surface area contributed by atoms with Crippen LogP contribution in [-0.2, 0) is 10.9 Å². The van der Waals surface area contributed by atoms with Gasteiger partial charge in [-0.2, -0.15) is 13.2 Å². The van der Waals surface area contributed by atoms with Crippen LogP contribution in [-0.4, -0.2) is 22.5 Å². The summed E-state index contributed by atoms with van der Waals surface area (Å²) in [6.07, 6.45) is -3.84. The fourth-order valence-electron chi connectivity index (χ4n) is 3.31. The third kappa shape index (κ3) is 4.82. The maximum absolute atomic E-state index is 12.9. The van der Waals surface area contributed by atoms with Crippen LogP contribution in [0.3, 0.4) is 0 Å². The van der Waals surface area contributed by atoms with E-state index in [0.717, 1.165) is 36.4 Å². The minimum absolute atomic E-state index is 0.00340. The number of hydrogen-bond donors (Lipinski definition) is 0. The van der Waals surface area contributed by atoms with E-state index in [1.807, 2.05) is 0 Å². The zero-order valence-corrected chi connectivity index (χ0v) is 18.4. The second-order valence-electron chi connectivity index (χ2n) is 7.32. The molecule has 0 saturated carbocycles. The molecule has 0 aliphatic heterocycles. The molecule has 3 aromatic rings. The molecule has 0 bridgehead atoms. The van der Waals surface area contributed by atoms with Crippen molar-refractivity contribution < 1.29 is 42.0 Å². The lowest BCUT2D eigenvalue weighted by Gasteiger charge is -2.15. The van der Waals surface area contributed by atoms with Crippen LogP contribution in [0.15, 0.2) is 72.5 Å². The first-order valence-electron chi connectivity index (χ1n) is 9.90. The fraction of sp³-hybridized carbons (Fsp3) is 0.0417. The molecule has 3 aromatic carbocycles. The number of nitrogens with zero attached hydrogens (tertiary/aromatic N) is 1. The van der Waals surface area contributed by atoms with Crippen LogP contribution in [0, 0.1) is 10.1 Å². The van der Waals surface area contributed by atoms with Crippen molar-refractivity contribution in [3.63, 3.8) is 0 Å². The minimum Gasteiger partial charge on any atom is -0.456 e. The first-order valence-corrected chi connectivity index (χ1v) is 10.3. The van der Waals surface area contributed by atoms with Crippen molar-refractivity contribution >= 4 is 34.8 Å². The maximum Gasteiger partial charge on any atom is 0.416 e. The Labute approximate surface area is 204 Å². The Morgan fingerprint density at radius 3 is 2.31 bits per heavy atom. The number of fused-ring (bicyclic) bond motifs is 1. The molecule has 0 aromatic heterocycles. The van der Waals surface area contributed by atoms with Crippen LogP contribution < -0.4 is 4.74 Å². The first-order chi connectivity index (χ1) is 17.0. The molecule has 1 aliphatic carbocycles. The van der Waals surface area contributed by atoms with Gasteiger partial charge in [0.1, 0.15) is 17.1 Å². The molecule has 0 heterocycles. The van der Waals surface area contributed by atoms with Crippen molar-refractivity contribution in [3.8, 4) is 11.5 Å². The second-order valence-corrected chi connectivity index (χ2v) is 7.73. The fourth-order valence-corrected chi connectivity index (χ4v) is 3.53. The van der Waals surface area contributed by atoms with Crippen LogP contribution in [0.5, 0.6) is 11.5 Å². The van der Waals surface area contributed by atoms with Gasteiger partial charge < -0.3 is 9.47 Å². The highest BCUT2D eigenvalue weighted by molar-refractivity contribution is 6.32. The summed E-state index contributed by atoms with van der Waals surface area (Å²) in [7, 11) is 0. The van der Waals surface area contributed by atoms with E-state index >= 15 is 0 Å². The third-order valence-electron chi connectivity index (χ3n) is 5.00. The van der Waals surface area contributed by atoms with Crippen LogP contribution >= 0.6 is 11.6 Å². The summed E-state index contributed by atoms with van der Waals surface area (Å²) in [5, 5.41) is 11.0. The maximum atomic E-state index is 12.9. The van der Waals surface area contributed by atoms with Crippen molar-refractivity contribution in [2.75, 3.05) is 0 Å². The van der Waals surface area contributed by atoms with E-state index in [2.05, 4.69) is 0 Å². The van der Waals surface area contributed by atoms with Gasteiger partial charge in [-0.1, -0.05) is 35.9 Å². The van der Waals surface area contributed by atoms with E-state index < -0.39 is 56.2 Å². The molecule has 0 unspecified atom stereocenters. The van der Waals surface area contributed by atoms with Gasteiger partial charge in [0.25, 0.3) is 5.69 Å². The average molecular weight is 518 g/mol. The number of Topliss-reactive ketones (excluding diaryl/α,β-unsaturated/α-hetero) is 1. The van der Waals surface area contributed by atoms with Gasteiger partial charge in [-0.3, -0.25) is 19.7 Å². The first kappa shape index (κ1) is 24.6. The van der Waals surface area contributed by atoms with Gasteiger partial charge in [0.05, 0.1) is 15.5 Å². The van der Waals surface area contributed by atoms with Gasteiger partial charge in [-0.25, -0.2) is 4.79 Å². The summed E-state index contributed by atoms with van der Waals surface area (Å²) in [5.74, 6) is -3.75. The molecule has 0 atom stereocenters. The highest BCUT2D eigenvalue weighted by Gasteiger charge is 2.32. The molecule has 0 amide bonds. The molecule has 0 saturated heterocycles. The van der Waals surface area contributed by atoms with E-state index in [9.17, 15) is 37.7 Å². The molecule has 0 radical (unpaired) electrons. The third-order valence-corrected chi connectivity index (χ3v) is 5.29. The molecule has 12 heteroatoms. The smallest absolute Gasteiger partial charge is 0.416 e. The lowest BCUT2D eigenvalue weighted by Crippen LogP contribution is -2.21. The number of nitro groups is 1.